The Kier molecular flexibility index (Phi) is 9.00. The van der Waals surface area contributed by atoms with Crippen molar-refractivity contribution < 1.29 is 51.6 Å². The van der Waals surface area contributed by atoms with Crippen molar-refractivity contribution in [1.29, 1.82) is 0 Å². The molecule has 36 heavy (non-hydrogen) atoms. The van der Waals surface area contributed by atoms with Crippen molar-refractivity contribution in [2.75, 3.05) is 18.5 Å². The number of hydrogen-bond acceptors (Lipinski definition) is 11. The molecule has 1 fully saturated rings. The fraction of sp³-hybridized carbons (Fsp3) is 0.389. The molecule has 1 aliphatic rings. The second-order valence-corrected chi connectivity index (χ2v) is 10.2. The molecule has 5 N–H and O–H groups in total. The number of para-hydroxylation sites is 1. The molecule has 1 saturated heterocycles. The predicted octanol–water partition coefficient (Wildman–Crippen LogP) is 0.683. The molecule has 2 aromatic rings. The van der Waals surface area contributed by atoms with Gasteiger partial charge in [0.05, 0.1) is 13.2 Å². The lowest BCUT2D eigenvalue weighted by atomic mass is 10.1. The average molecular weight is 551 g/mol. The van der Waals surface area contributed by atoms with Crippen LogP contribution in [-0.2, 0) is 32.0 Å². The highest BCUT2D eigenvalue weighted by molar-refractivity contribution is 7.61. The fourth-order valence-electron chi connectivity index (χ4n) is 3.14. The number of hydrogen-bond donors (Lipinski definition) is 5. The summed E-state index contributed by atoms with van der Waals surface area (Å²) in [5.41, 5.74) is -1.34. The van der Waals surface area contributed by atoms with Gasteiger partial charge in [0.1, 0.15) is 12.2 Å². The Morgan fingerprint density at radius 1 is 1.14 bits per heavy atom. The van der Waals surface area contributed by atoms with Crippen LogP contribution in [0.1, 0.15) is 13.2 Å². The first-order valence-electron chi connectivity index (χ1n) is 10.2. The summed E-state index contributed by atoms with van der Waals surface area (Å²) in [7, 11) is -10.1. The van der Waals surface area contributed by atoms with E-state index in [0.717, 1.165) is 16.8 Å². The maximum absolute atomic E-state index is 12.4. The third-order valence-corrected chi connectivity index (χ3v) is 7.31. The van der Waals surface area contributed by atoms with E-state index < -0.39 is 64.1 Å². The van der Waals surface area contributed by atoms with Gasteiger partial charge in [0.2, 0.25) is 0 Å². The molecular formula is C18H23N3O13P2. The van der Waals surface area contributed by atoms with E-state index in [1.807, 2.05) is 4.98 Å². The van der Waals surface area contributed by atoms with Crippen molar-refractivity contribution in [3.8, 4) is 0 Å². The minimum Gasteiger partial charge on any atom is -0.438 e. The number of aromatic nitrogens is 2. The van der Waals surface area contributed by atoms with Gasteiger partial charge in [-0.1, -0.05) is 18.2 Å². The third kappa shape index (κ3) is 7.43. The maximum Gasteiger partial charge on any atom is 0.481 e. The highest BCUT2D eigenvalue weighted by atomic mass is 31.3. The minimum atomic E-state index is -5.19. The summed E-state index contributed by atoms with van der Waals surface area (Å²) in [4.78, 5) is 57.2. The molecule has 6 atom stereocenters. The van der Waals surface area contributed by atoms with E-state index in [2.05, 4.69) is 18.7 Å². The molecule has 0 radical (unpaired) electrons. The van der Waals surface area contributed by atoms with Gasteiger partial charge in [0, 0.05) is 18.0 Å². The molecule has 0 aliphatic carbocycles. The molecule has 16 nitrogen and oxygen atoms in total. The number of amides is 1. The van der Waals surface area contributed by atoms with E-state index in [-0.39, 0.29) is 6.61 Å². The molecule has 3 unspecified atom stereocenters. The number of aromatic amines is 1. The number of carbonyl (C=O) groups is 1. The maximum atomic E-state index is 12.4. The second kappa shape index (κ2) is 11.6. The van der Waals surface area contributed by atoms with Gasteiger partial charge < -0.3 is 24.4 Å². The smallest absolute Gasteiger partial charge is 0.438 e. The van der Waals surface area contributed by atoms with Gasteiger partial charge in [0.25, 0.3) is 5.56 Å². The minimum absolute atomic E-state index is 0.308. The molecule has 0 bridgehead atoms. The van der Waals surface area contributed by atoms with Crippen LogP contribution in [0.2, 0.25) is 0 Å². The Bertz CT molecular complexity index is 1270. The van der Waals surface area contributed by atoms with Gasteiger partial charge in [-0.3, -0.25) is 28.7 Å². The van der Waals surface area contributed by atoms with Crippen molar-refractivity contribution in [2.24, 2.45) is 0 Å². The van der Waals surface area contributed by atoms with Crippen LogP contribution in [-0.4, -0.2) is 62.1 Å². The molecule has 1 aliphatic heterocycles. The Labute approximate surface area is 202 Å². The van der Waals surface area contributed by atoms with E-state index in [1.54, 1.807) is 30.3 Å². The zero-order chi connectivity index (χ0) is 26.5. The second-order valence-electron chi connectivity index (χ2n) is 7.17. The Balaban J connectivity index is 1.78. The van der Waals surface area contributed by atoms with Crippen LogP contribution >= 0.6 is 15.6 Å². The van der Waals surface area contributed by atoms with Crippen molar-refractivity contribution >= 4 is 27.4 Å². The number of carbonyl (C=O) groups excluding carboxylic acids is 1. The van der Waals surface area contributed by atoms with E-state index in [9.17, 15) is 38.4 Å². The lowest BCUT2D eigenvalue weighted by molar-refractivity contribution is -0.0552. The number of nitrogens with zero attached hydrogens (tertiary/aromatic N) is 1. The van der Waals surface area contributed by atoms with Gasteiger partial charge in [-0.05, 0) is 19.1 Å². The molecule has 2 heterocycles. The SMILES string of the molecule is CCOP(=O)(O)OP(=O)(O)OC[C@H]1O[C@@H](n2ccc(=O)[nH]c2=O)C(OC(=O)Nc2ccccc2)[C@H]1O. The standard InChI is InChI=1S/C18H23N3O13P2/c1-2-30-35(26,27)34-36(28,29)31-10-12-14(23)15(33-18(25)19-11-6-4-3-5-7-11)16(32-12)21-9-8-13(22)20-17(21)24/h3-9,12,14-16,23H,2,10H2,1H3,(H,19,25)(H,26,27)(H,28,29)(H,20,22,24)/t12-,14+,15?,16-/m1/s1. The number of phosphoric ester groups is 2. The molecule has 0 saturated carbocycles. The predicted molar refractivity (Wildman–Crippen MR) is 120 cm³/mol. The summed E-state index contributed by atoms with van der Waals surface area (Å²) < 4.78 is 48.3. The van der Waals surface area contributed by atoms with Crippen LogP contribution in [0.4, 0.5) is 10.5 Å². The van der Waals surface area contributed by atoms with Crippen molar-refractivity contribution in [1.82, 2.24) is 9.55 Å². The Morgan fingerprint density at radius 3 is 2.44 bits per heavy atom. The molecule has 3 rings (SSSR count). The first-order valence-corrected chi connectivity index (χ1v) is 13.2. The van der Waals surface area contributed by atoms with Crippen LogP contribution in [0.5, 0.6) is 0 Å². The van der Waals surface area contributed by atoms with Crippen LogP contribution in [0.3, 0.4) is 0 Å². The number of rotatable bonds is 10. The zero-order valence-corrected chi connectivity index (χ0v) is 20.3. The van der Waals surface area contributed by atoms with Crippen LogP contribution < -0.4 is 16.6 Å². The van der Waals surface area contributed by atoms with Gasteiger partial charge in [-0.2, -0.15) is 4.31 Å². The van der Waals surface area contributed by atoms with Gasteiger partial charge in [-0.15, -0.1) is 0 Å². The number of H-pyrrole nitrogens is 1. The lowest BCUT2D eigenvalue weighted by Crippen LogP contribution is -2.41. The molecular weight excluding hydrogens is 528 g/mol. The van der Waals surface area contributed by atoms with Crippen LogP contribution in [0.15, 0.2) is 52.2 Å². The van der Waals surface area contributed by atoms with Crippen molar-refractivity contribution in [3.05, 3.63) is 63.4 Å². The molecule has 1 aromatic heterocycles. The zero-order valence-electron chi connectivity index (χ0n) is 18.5. The van der Waals surface area contributed by atoms with Crippen LogP contribution in [0, 0.1) is 0 Å². The third-order valence-electron chi connectivity index (χ3n) is 4.60. The monoisotopic (exact) mass is 551 g/mol. The molecule has 18 heteroatoms. The first-order chi connectivity index (χ1) is 16.9. The number of nitrogens with one attached hydrogen (secondary N) is 2. The number of anilines is 1. The molecule has 0 spiro atoms. The quantitative estimate of drug-likeness (QED) is 0.257. The van der Waals surface area contributed by atoms with E-state index in [0.29, 0.717) is 5.69 Å². The highest BCUT2D eigenvalue weighted by Crippen LogP contribution is 2.60. The normalized spacial score (nSPS) is 25.0. The van der Waals surface area contributed by atoms with Crippen LogP contribution in [0.25, 0.3) is 0 Å². The summed E-state index contributed by atoms with van der Waals surface area (Å²) >= 11 is 0. The van der Waals surface area contributed by atoms with E-state index in [4.69, 9.17) is 9.47 Å². The van der Waals surface area contributed by atoms with Gasteiger partial charge in [0.15, 0.2) is 12.3 Å². The molecule has 1 aromatic carbocycles. The summed E-state index contributed by atoms with van der Waals surface area (Å²) in [5.74, 6) is 0. The number of aliphatic hydroxyl groups is 1. The first kappa shape index (κ1) is 27.9. The number of benzene rings is 1. The Morgan fingerprint density at radius 2 is 1.81 bits per heavy atom. The van der Waals surface area contributed by atoms with Gasteiger partial charge >= 0.3 is 27.4 Å². The van der Waals surface area contributed by atoms with E-state index >= 15 is 0 Å². The van der Waals surface area contributed by atoms with Crippen molar-refractivity contribution in [3.63, 3.8) is 0 Å². The summed E-state index contributed by atoms with van der Waals surface area (Å²) in [6.45, 7) is 0.124. The lowest BCUT2D eigenvalue weighted by Gasteiger charge is -2.22. The summed E-state index contributed by atoms with van der Waals surface area (Å²) in [6, 6.07) is 9.09. The summed E-state index contributed by atoms with van der Waals surface area (Å²) in [5, 5.41) is 13.1. The number of phosphoric acid groups is 2. The van der Waals surface area contributed by atoms with E-state index in [1.165, 1.54) is 6.92 Å². The largest absolute Gasteiger partial charge is 0.481 e. The van der Waals surface area contributed by atoms with Crippen molar-refractivity contribution in [2.45, 2.75) is 31.5 Å². The number of ether oxygens (including phenoxy) is 2. The fourth-order valence-corrected chi connectivity index (χ4v) is 5.22. The highest BCUT2D eigenvalue weighted by Gasteiger charge is 2.49. The topological polar surface area (TPSA) is 225 Å². The summed E-state index contributed by atoms with van der Waals surface area (Å²) in [6.07, 6.45) is -6.33. The van der Waals surface area contributed by atoms with Gasteiger partial charge in [-0.25, -0.2) is 18.7 Å². The molecule has 198 valence electrons. The Hall–Kier alpha value is -2.65. The number of aliphatic hydroxyl groups excluding tert-OH is 1. The average Bonchev–Trinajstić information content (AvgIpc) is 3.07. The molecule has 1 amide bonds.